The van der Waals surface area contributed by atoms with E-state index in [0.717, 1.165) is 18.4 Å². The van der Waals surface area contributed by atoms with Gasteiger partial charge in [-0.3, -0.25) is 9.59 Å². The first-order valence-electron chi connectivity index (χ1n) is 8.23. The van der Waals surface area contributed by atoms with E-state index in [1.165, 1.54) is 12.8 Å². The van der Waals surface area contributed by atoms with Gasteiger partial charge in [0, 0.05) is 5.56 Å². The fraction of sp³-hybridized carbons (Fsp3) is 0.588. The number of amides is 2. The van der Waals surface area contributed by atoms with E-state index < -0.39 is 11.9 Å². The maximum absolute atomic E-state index is 12.3. The van der Waals surface area contributed by atoms with Crippen LogP contribution in [-0.4, -0.2) is 29.4 Å². The van der Waals surface area contributed by atoms with Crippen molar-refractivity contribution >= 4 is 11.8 Å². The van der Waals surface area contributed by atoms with Gasteiger partial charge in [0.05, 0.1) is 6.61 Å². The van der Waals surface area contributed by atoms with Crippen molar-refractivity contribution in [3.8, 4) is 5.88 Å². The van der Waals surface area contributed by atoms with Gasteiger partial charge >= 0.3 is 0 Å². The summed E-state index contributed by atoms with van der Waals surface area (Å²) in [4.78, 5) is 28.1. The molecule has 0 bridgehead atoms. The summed E-state index contributed by atoms with van der Waals surface area (Å²) in [7, 11) is 0. The Kier molecular flexibility index (Phi) is 4.50. The summed E-state index contributed by atoms with van der Waals surface area (Å²) in [5, 5.41) is 2.70. The summed E-state index contributed by atoms with van der Waals surface area (Å²) in [5.74, 6) is 0.721. The average Bonchev–Trinajstić information content (AvgIpc) is 3.40. The monoisotopic (exact) mass is 317 g/mol. The van der Waals surface area contributed by atoms with Crippen molar-refractivity contribution in [3.05, 3.63) is 23.4 Å². The molecule has 3 N–H and O–H groups in total. The first kappa shape index (κ1) is 15.8. The van der Waals surface area contributed by atoms with Gasteiger partial charge in [0.2, 0.25) is 11.8 Å². The van der Waals surface area contributed by atoms with E-state index in [1.807, 2.05) is 13.0 Å². The zero-order valence-corrected chi connectivity index (χ0v) is 13.4. The van der Waals surface area contributed by atoms with Gasteiger partial charge in [-0.25, -0.2) is 4.98 Å². The van der Waals surface area contributed by atoms with E-state index in [9.17, 15) is 9.59 Å². The number of nitrogens with zero attached hydrogens (tertiary/aromatic N) is 1. The van der Waals surface area contributed by atoms with E-state index in [-0.39, 0.29) is 11.6 Å². The zero-order valence-electron chi connectivity index (χ0n) is 13.4. The van der Waals surface area contributed by atoms with Crippen LogP contribution in [0.5, 0.6) is 5.88 Å². The normalized spacial score (nSPS) is 18.3. The van der Waals surface area contributed by atoms with E-state index >= 15 is 0 Å². The highest BCUT2D eigenvalue weighted by atomic mass is 16.5. The Bertz CT molecular complexity index is 609. The largest absolute Gasteiger partial charge is 0.477 e. The van der Waals surface area contributed by atoms with Crippen LogP contribution >= 0.6 is 0 Å². The summed E-state index contributed by atoms with van der Waals surface area (Å²) < 4.78 is 5.70. The van der Waals surface area contributed by atoms with Crippen LogP contribution in [0, 0.1) is 18.8 Å². The number of rotatable bonds is 8. The molecule has 1 atom stereocenters. The molecule has 23 heavy (non-hydrogen) atoms. The van der Waals surface area contributed by atoms with Crippen LogP contribution in [0.3, 0.4) is 0 Å². The molecule has 2 saturated carbocycles. The number of nitrogens with one attached hydrogen (secondary N) is 1. The third-order valence-electron chi connectivity index (χ3n) is 4.35. The molecule has 1 heterocycles. The number of carbonyl (C=O) groups excluding carboxylic acids is 2. The second-order valence-electron chi connectivity index (χ2n) is 6.68. The lowest BCUT2D eigenvalue weighted by molar-refractivity contribution is -0.120. The van der Waals surface area contributed by atoms with E-state index in [4.69, 9.17) is 10.5 Å². The predicted octanol–water partition coefficient (Wildman–Crippen LogP) is 1.56. The molecule has 1 aromatic heterocycles. The van der Waals surface area contributed by atoms with Crippen molar-refractivity contribution in [3.63, 3.8) is 0 Å². The van der Waals surface area contributed by atoms with Gasteiger partial charge in [-0.05, 0) is 44.1 Å². The van der Waals surface area contributed by atoms with Crippen molar-refractivity contribution in [1.29, 1.82) is 0 Å². The summed E-state index contributed by atoms with van der Waals surface area (Å²) in [6, 6.07) is 2.82. The van der Waals surface area contributed by atoms with Crippen molar-refractivity contribution in [2.75, 3.05) is 6.61 Å². The quantitative estimate of drug-likeness (QED) is 0.761. The van der Waals surface area contributed by atoms with Gasteiger partial charge in [0.1, 0.15) is 11.7 Å². The number of carbonyl (C=O) groups is 2. The van der Waals surface area contributed by atoms with Crippen LogP contribution in [0.15, 0.2) is 12.1 Å². The van der Waals surface area contributed by atoms with Crippen molar-refractivity contribution in [2.45, 2.75) is 45.1 Å². The molecule has 1 aromatic rings. The lowest BCUT2D eigenvalue weighted by Crippen LogP contribution is -2.45. The van der Waals surface area contributed by atoms with E-state index in [0.29, 0.717) is 30.7 Å². The Morgan fingerprint density at radius 2 is 2.00 bits per heavy atom. The topological polar surface area (TPSA) is 94.3 Å². The number of primary amides is 1. The van der Waals surface area contributed by atoms with Gasteiger partial charge < -0.3 is 15.8 Å². The number of hydrogen-bond acceptors (Lipinski definition) is 4. The molecule has 6 heteroatoms. The summed E-state index contributed by atoms with van der Waals surface area (Å²) >= 11 is 0. The maximum atomic E-state index is 12.3. The second-order valence-corrected chi connectivity index (χ2v) is 6.68. The Balaban J connectivity index is 1.64. The molecule has 0 aromatic carbocycles. The smallest absolute Gasteiger partial charge is 0.270 e. The molecule has 0 spiro atoms. The Labute approximate surface area is 135 Å². The van der Waals surface area contributed by atoms with E-state index in [1.54, 1.807) is 6.07 Å². The van der Waals surface area contributed by atoms with Crippen LogP contribution < -0.4 is 15.8 Å². The molecule has 2 fully saturated rings. The molecule has 6 nitrogen and oxygen atoms in total. The van der Waals surface area contributed by atoms with Crippen molar-refractivity contribution in [2.24, 2.45) is 17.6 Å². The van der Waals surface area contributed by atoms with Crippen LogP contribution in [-0.2, 0) is 4.79 Å². The molecule has 1 unspecified atom stereocenters. The van der Waals surface area contributed by atoms with Gasteiger partial charge in [-0.2, -0.15) is 0 Å². The first-order valence-corrected chi connectivity index (χ1v) is 8.23. The van der Waals surface area contributed by atoms with Gasteiger partial charge in [-0.15, -0.1) is 0 Å². The summed E-state index contributed by atoms with van der Waals surface area (Å²) in [5.41, 5.74) is 6.53. The SMILES string of the molecule is Cc1ccc(C(=O)NC(CC2CC2)C(N)=O)nc1OCC1CC1. The second kappa shape index (κ2) is 6.56. The number of aryl methyl sites for hydroxylation is 1. The first-order chi connectivity index (χ1) is 11.0. The molecule has 2 amide bonds. The Morgan fingerprint density at radius 1 is 1.30 bits per heavy atom. The molecule has 0 aliphatic heterocycles. The minimum absolute atomic E-state index is 0.253. The highest BCUT2D eigenvalue weighted by molar-refractivity contribution is 5.96. The molecule has 2 aliphatic carbocycles. The standard InChI is InChI=1S/C17H23N3O3/c1-10-2-7-13(20-17(10)23-9-12-5-6-12)16(22)19-14(15(18)21)8-11-3-4-11/h2,7,11-12,14H,3-6,8-9H2,1H3,(H2,18,21)(H,19,22). The number of hydrogen-bond donors (Lipinski definition) is 2. The maximum Gasteiger partial charge on any atom is 0.270 e. The summed E-state index contributed by atoms with van der Waals surface area (Å²) in [6.07, 6.45) is 5.20. The number of pyridine rings is 1. The molecule has 0 radical (unpaired) electrons. The average molecular weight is 317 g/mol. The lowest BCUT2D eigenvalue weighted by atomic mass is 10.1. The minimum atomic E-state index is -0.631. The van der Waals surface area contributed by atoms with Crippen molar-refractivity contribution in [1.82, 2.24) is 10.3 Å². The summed E-state index contributed by atoms with van der Waals surface area (Å²) in [6.45, 7) is 2.54. The molecule has 2 aliphatic rings. The third-order valence-corrected chi connectivity index (χ3v) is 4.35. The molecular weight excluding hydrogens is 294 g/mol. The van der Waals surface area contributed by atoms with Crippen LogP contribution in [0.1, 0.15) is 48.2 Å². The zero-order chi connectivity index (χ0) is 16.4. The fourth-order valence-corrected chi connectivity index (χ4v) is 2.43. The van der Waals surface area contributed by atoms with Crippen LogP contribution in [0.25, 0.3) is 0 Å². The van der Waals surface area contributed by atoms with Gasteiger partial charge in [-0.1, -0.05) is 18.9 Å². The fourth-order valence-electron chi connectivity index (χ4n) is 2.43. The Morgan fingerprint density at radius 3 is 2.61 bits per heavy atom. The van der Waals surface area contributed by atoms with Gasteiger partial charge in [0.25, 0.3) is 5.91 Å². The number of ether oxygens (including phenoxy) is 1. The van der Waals surface area contributed by atoms with Crippen LogP contribution in [0.4, 0.5) is 0 Å². The minimum Gasteiger partial charge on any atom is -0.477 e. The predicted molar refractivity (Wildman–Crippen MR) is 85.0 cm³/mol. The van der Waals surface area contributed by atoms with Crippen molar-refractivity contribution < 1.29 is 14.3 Å². The molecule has 3 rings (SSSR count). The highest BCUT2D eigenvalue weighted by Gasteiger charge is 2.29. The van der Waals surface area contributed by atoms with E-state index in [2.05, 4.69) is 10.3 Å². The van der Waals surface area contributed by atoms with Gasteiger partial charge in [0.15, 0.2) is 0 Å². The molecular formula is C17H23N3O3. The highest BCUT2D eigenvalue weighted by Crippen LogP contribution is 2.33. The molecule has 0 saturated heterocycles. The number of nitrogens with two attached hydrogens (primary N) is 1. The lowest BCUT2D eigenvalue weighted by Gasteiger charge is -2.15. The third kappa shape index (κ3) is 4.43. The van der Waals surface area contributed by atoms with Crippen LogP contribution in [0.2, 0.25) is 0 Å². The Hall–Kier alpha value is -2.11. The molecule has 124 valence electrons. The number of aromatic nitrogens is 1.